The maximum absolute atomic E-state index is 12.4. The minimum atomic E-state index is -0.215. The average Bonchev–Trinajstić information content (AvgIpc) is 2.48. The third kappa shape index (κ3) is 4.64. The number of nitrogens with zero attached hydrogens (tertiary/aromatic N) is 3. The van der Waals surface area contributed by atoms with Crippen LogP contribution in [0.1, 0.15) is 45.2 Å². The van der Waals surface area contributed by atoms with E-state index in [1.54, 1.807) is 4.90 Å². The van der Waals surface area contributed by atoms with E-state index in [1.165, 1.54) is 23.9 Å². The van der Waals surface area contributed by atoms with Crippen LogP contribution in [-0.2, 0) is 16.1 Å². The van der Waals surface area contributed by atoms with Gasteiger partial charge in [0.15, 0.2) is 0 Å². The molecule has 1 unspecified atom stereocenters. The summed E-state index contributed by atoms with van der Waals surface area (Å²) in [6, 6.07) is 1.47. The van der Waals surface area contributed by atoms with Gasteiger partial charge in [0.05, 0.1) is 12.0 Å². The summed E-state index contributed by atoms with van der Waals surface area (Å²) in [5.74, 6) is -0.0381. The van der Waals surface area contributed by atoms with Gasteiger partial charge in [0.2, 0.25) is 11.8 Å². The van der Waals surface area contributed by atoms with Crippen LogP contribution in [0.3, 0.4) is 0 Å². The molecule has 1 aromatic rings. The summed E-state index contributed by atoms with van der Waals surface area (Å²) < 4.78 is 1.33. The van der Waals surface area contributed by atoms with Crippen LogP contribution >= 0.6 is 0 Å². The molecule has 0 spiro atoms. The SMILES string of the molecule is CC(=O)NC1CCCN(C(=O)Cn2cnc(C(C)C)cc2=O)C1. The van der Waals surface area contributed by atoms with Gasteiger partial charge in [-0.25, -0.2) is 4.98 Å². The van der Waals surface area contributed by atoms with Crippen LogP contribution in [-0.4, -0.2) is 45.4 Å². The normalized spacial score (nSPS) is 18.1. The molecule has 2 heterocycles. The smallest absolute Gasteiger partial charge is 0.254 e. The van der Waals surface area contributed by atoms with Gasteiger partial charge >= 0.3 is 0 Å². The number of aromatic nitrogens is 2. The minimum Gasteiger partial charge on any atom is -0.352 e. The van der Waals surface area contributed by atoms with Crippen molar-refractivity contribution in [2.75, 3.05) is 13.1 Å². The first kappa shape index (κ1) is 17.2. The van der Waals surface area contributed by atoms with Crippen molar-refractivity contribution in [3.05, 3.63) is 28.4 Å². The van der Waals surface area contributed by atoms with E-state index in [0.717, 1.165) is 18.5 Å². The van der Waals surface area contributed by atoms with Gasteiger partial charge in [-0.2, -0.15) is 0 Å². The molecule has 0 radical (unpaired) electrons. The molecule has 1 fully saturated rings. The Bertz CT molecular complexity index is 638. The van der Waals surface area contributed by atoms with E-state index in [9.17, 15) is 14.4 Å². The molecule has 1 N–H and O–H groups in total. The summed E-state index contributed by atoms with van der Waals surface area (Å²) >= 11 is 0. The lowest BCUT2D eigenvalue weighted by Crippen LogP contribution is -2.50. The molecule has 0 bridgehead atoms. The number of hydrogen-bond donors (Lipinski definition) is 1. The fourth-order valence-corrected chi connectivity index (χ4v) is 2.73. The van der Waals surface area contributed by atoms with E-state index in [0.29, 0.717) is 13.1 Å². The van der Waals surface area contributed by atoms with Gasteiger partial charge in [0, 0.05) is 32.1 Å². The molecule has 2 amide bonds. The van der Waals surface area contributed by atoms with E-state index in [2.05, 4.69) is 10.3 Å². The first-order valence-corrected chi connectivity index (χ1v) is 7.98. The van der Waals surface area contributed by atoms with Gasteiger partial charge in [0.25, 0.3) is 5.56 Å². The number of likely N-dealkylation sites (tertiary alicyclic amines) is 1. The molecule has 1 aromatic heterocycles. The summed E-state index contributed by atoms with van der Waals surface area (Å²) in [4.78, 5) is 41.5. The fraction of sp³-hybridized carbons (Fsp3) is 0.625. The summed E-state index contributed by atoms with van der Waals surface area (Å²) in [6.45, 7) is 6.53. The predicted molar refractivity (Wildman–Crippen MR) is 86.0 cm³/mol. The molecule has 1 atom stereocenters. The Morgan fingerprint density at radius 2 is 2.17 bits per heavy atom. The van der Waals surface area contributed by atoms with Gasteiger partial charge in [-0.05, 0) is 18.8 Å². The summed E-state index contributed by atoms with van der Waals surface area (Å²) in [6.07, 6.45) is 3.15. The molecule has 0 aliphatic carbocycles. The molecule has 7 nitrogen and oxygen atoms in total. The van der Waals surface area contributed by atoms with E-state index in [4.69, 9.17) is 0 Å². The van der Waals surface area contributed by atoms with Crippen LogP contribution in [0.5, 0.6) is 0 Å². The van der Waals surface area contributed by atoms with Gasteiger partial charge in [-0.1, -0.05) is 13.8 Å². The Morgan fingerprint density at radius 3 is 2.78 bits per heavy atom. The summed E-state index contributed by atoms with van der Waals surface area (Å²) in [5.41, 5.74) is 0.509. The number of carbonyl (C=O) groups excluding carboxylic acids is 2. The van der Waals surface area contributed by atoms with Gasteiger partial charge in [0.1, 0.15) is 6.54 Å². The largest absolute Gasteiger partial charge is 0.352 e. The third-order valence-corrected chi connectivity index (χ3v) is 3.98. The van der Waals surface area contributed by atoms with Crippen LogP contribution in [0.25, 0.3) is 0 Å². The maximum atomic E-state index is 12.4. The molecule has 7 heteroatoms. The van der Waals surface area contributed by atoms with E-state index < -0.39 is 0 Å². The van der Waals surface area contributed by atoms with Crippen molar-refractivity contribution in [2.24, 2.45) is 0 Å². The standard InChI is InChI=1S/C16H24N4O3/c1-11(2)14-7-15(22)20(10-17-14)9-16(23)19-6-4-5-13(8-19)18-12(3)21/h7,10-11,13H,4-6,8-9H2,1-3H3,(H,18,21). The number of piperidine rings is 1. The number of amides is 2. The van der Waals surface area contributed by atoms with Crippen molar-refractivity contribution in [1.82, 2.24) is 19.8 Å². The molecule has 0 aromatic carbocycles. The summed E-state index contributed by atoms with van der Waals surface area (Å²) in [5, 5.41) is 2.85. The van der Waals surface area contributed by atoms with Crippen molar-refractivity contribution < 1.29 is 9.59 Å². The molecule has 0 saturated carbocycles. The Hall–Kier alpha value is -2.18. The molecule has 1 saturated heterocycles. The quantitative estimate of drug-likeness (QED) is 0.875. The highest BCUT2D eigenvalue weighted by Gasteiger charge is 2.24. The van der Waals surface area contributed by atoms with Crippen LogP contribution in [0.15, 0.2) is 17.2 Å². The highest BCUT2D eigenvalue weighted by Crippen LogP contribution is 2.11. The fourth-order valence-electron chi connectivity index (χ4n) is 2.73. The van der Waals surface area contributed by atoms with E-state index in [1.807, 2.05) is 13.8 Å². The second-order valence-electron chi connectivity index (χ2n) is 6.31. The number of rotatable bonds is 4. The minimum absolute atomic E-state index is 0.0108. The molecule has 23 heavy (non-hydrogen) atoms. The van der Waals surface area contributed by atoms with E-state index >= 15 is 0 Å². The Kier molecular flexibility index (Phi) is 5.52. The van der Waals surface area contributed by atoms with Crippen molar-refractivity contribution >= 4 is 11.8 Å². The van der Waals surface area contributed by atoms with Gasteiger partial charge < -0.3 is 10.2 Å². The Labute approximate surface area is 135 Å². The first-order valence-electron chi connectivity index (χ1n) is 7.98. The Morgan fingerprint density at radius 1 is 1.43 bits per heavy atom. The monoisotopic (exact) mass is 320 g/mol. The maximum Gasteiger partial charge on any atom is 0.254 e. The van der Waals surface area contributed by atoms with Gasteiger partial charge in [-0.15, -0.1) is 0 Å². The van der Waals surface area contributed by atoms with Crippen LogP contribution in [0.2, 0.25) is 0 Å². The van der Waals surface area contributed by atoms with Crippen LogP contribution in [0.4, 0.5) is 0 Å². The molecule has 2 rings (SSSR count). The van der Waals surface area contributed by atoms with Crippen LogP contribution in [0, 0.1) is 0 Å². The molecule has 126 valence electrons. The topological polar surface area (TPSA) is 84.3 Å². The zero-order valence-corrected chi connectivity index (χ0v) is 13.9. The molecule has 1 aliphatic heterocycles. The highest BCUT2D eigenvalue weighted by molar-refractivity contribution is 5.76. The Balaban J connectivity index is 2.01. The number of carbonyl (C=O) groups is 2. The van der Waals surface area contributed by atoms with Crippen molar-refractivity contribution in [2.45, 2.75) is 52.1 Å². The highest BCUT2D eigenvalue weighted by atomic mass is 16.2. The third-order valence-electron chi connectivity index (χ3n) is 3.98. The molecular formula is C16H24N4O3. The zero-order chi connectivity index (χ0) is 17.0. The molecular weight excluding hydrogens is 296 g/mol. The van der Waals surface area contributed by atoms with Crippen molar-refractivity contribution in [3.63, 3.8) is 0 Å². The summed E-state index contributed by atoms with van der Waals surface area (Å²) in [7, 11) is 0. The van der Waals surface area contributed by atoms with Crippen molar-refractivity contribution in [1.29, 1.82) is 0 Å². The number of hydrogen-bond acceptors (Lipinski definition) is 4. The number of nitrogens with one attached hydrogen (secondary N) is 1. The zero-order valence-electron chi connectivity index (χ0n) is 13.9. The lowest BCUT2D eigenvalue weighted by Gasteiger charge is -2.33. The van der Waals surface area contributed by atoms with Crippen molar-refractivity contribution in [3.8, 4) is 0 Å². The van der Waals surface area contributed by atoms with Crippen LogP contribution < -0.4 is 10.9 Å². The van der Waals surface area contributed by atoms with E-state index in [-0.39, 0.29) is 35.9 Å². The van der Waals surface area contributed by atoms with Gasteiger partial charge in [-0.3, -0.25) is 19.0 Å². The second-order valence-corrected chi connectivity index (χ2v) is 6.31. The second kappa shape index (κ2) is 7.39. The average molecular weight is 320 g/mol. The lowest BCUT2D eigenvalue weighted by atomic mass is 10.1. The predicted octanol–water partition coefficient (Wildman–Crippen LogP) is 0.494. The molecule has 1 aliphatic rings. The lowest BCUT2D eigenvalue weighted by molar-refractivity contribution is -0.134. The first-order chi connectivity index (χ1) is 10.9.